The number of nitrogens with one attached hydrogen (secondary N) is 1. The van der Waals surface area contributed by atoms with E-state index in [1.165, 1.54) is 0 Å². The molecule has 1 atom stereocenters. The van der Waals surface area contributed by atoms with E-state index in [4.69, 9.17) is 23.2 Å². The van der Waals surface area contributed by atoms with Gasteiger partial charge in [0.2, 0.25) is 5.91 Å². The van der Waals surface area contributed by atoms with E-state index in [0.29, 0.717) is 13.0 Å². The Bertz CT molecular complexity index is 637. The first kappa shape index (κ1) is 12.7. The quantitative estimate of drug-likeness (QED) is 0.884. The van der Waals surface area contributed by atoms with Gasteiger partial charge in [0, 0.05) is 18.1 Å². The van der Waals surface area contributed by atoms with Gasteiger partial charge in [0.15, 0.2) is 0 Å². The van der Waals surface area contributed by atoms with Crippen LogP contribution in [0.15, 0.2) is 36.5 Å². The molecule has 1 N–H and O–H groups in total. The van der Waals surface area contributed by atoms with Crippen LogP contribution in [0.2, 0.25) is 0 Å². The lowest BCUT2D eigenvalue weighted by atomic mass is 10.1. The standard InChI is InChI=1S/C14H12Cl2N2O/c15-14(16)7-11(14)13(19)18-8-9-5-6-17-12-4-2-1-3-10(9)12/h1-6,11H,7-8H2,(H,18,19)/t11-/m1/s1. The molecule has 0 saturated heterocycles. The summed E-state index contributed by atoms with van der Waals surface area (Å²) in [6, 6.07) is 9.75. The highest BCUT2D eigenvalue weighted by Gasteiger charge is 2.56. The summed E-state index contributed by atoms with van der Waals surface area (Å²) >= 11 is 11.7. The SMILES string of the molecule is O=C(NCc1ccnc2ccccc12)[C@H]1CC1(Cl)Cl. The van der Waals surface area contributed by atoms with Crippen molar-refractivity contribution in [3.63, 3.8) is 0 Å². The first-order valence-electron chi connectivity index (χ1n) is 6.06. The number of carbonyl (C=O) groups is 1. The minimum atomic E-state index is -0.871. The lowest BCUT2D eigenvalue weighted by molar-refractivity contribution is -0.122. The summed E-state index contributed by atoms with van der Waals surface area (Å²) in [7, 11) is 0. The lowest BCUT2D eigenvalue weighted by Crippen LogP contribution is -2.26. The normalized spacial score (nSPS) is 20.2. The summed E-state index contributed by atoms with van der Waals surface area (Å²) < 4.78 is -0.871. The summed E-state index contributed by atoms with van der Waals surface area (Å²) in [5.74, 6) is -0.380. The Kier molecular flexibility index (Phi) is 3.11. The minimum absolute atomic E-state index is 0.0918. The maximum absolute atomic E-state index is 11.8. The molecule has 98 valence electrons. The Morgan fingerprint density at radius 3 is 2.84 bits per heavy atom. The molecular formula is C14H12Cl2N2O. The van der Waals surface area contributed by atoms with E-state index in [9.17, 15) is 4.79 Å². The molecule has 1 fully saturated rings. The average molecular weight is 295 g/mol. The fourth-order valence-corrected chi connectivity index (χ4v) is 2.62. The second kappa shape index (κ2) is 4.66. The second-order valence-corrected chi connectivity index (χ2v) is 6.27. The molecule has 19 heavy (non-hydrogen) atoms. The highest BCUT2D eigenvalue weighted by molar-refractivity contribution is 6.52. The highest BCUT2D eigenvalue weighted by atomic mass is 35.5. The van der Waals surface area contributed by atoms with Gasteiger partial charge in [-0.1, -0.05) is 18.2 Å². The van der Waals surface area contributed by atoms with Gasteiger partial charge in [-0.25, -0.2) is 0 Å². The molecule has 3 nitrogen and oxygen atoms in total. The number of amides is 1. The number of aromatic nitrogens is 1. The van der Waals surface area contributed by atoms with Crippen LogP contribution in [-0.2, 0) is 11.3 Å². The van der Waals surface area contributed by atoms with E-state index >= 15 is 0 Å². The van der Waals surface area contributed by atoms with Crippen LogP contribution in [0, 0.1) is 5.92 Å². The number of benzene rings is 1. The van der Waals surface area contributed by atoms with Crippen molar-refractivity contribution < 1.29 is 4.79 Å². The van der Waals surface area contributed by atoms with Crippen molar-refractivity contribution in [2.75, 3.05) is 0 Å². The summed E-state index contributed by atoms with van der Waals surface area (Å²) in [5.41, 5.74) is 1.96. The monoisotopic (exact) mass is 294 g/mol. The van der Waals surface area contributed by atoms with Gasteiger partial charge in [0.25, 0.3) is 0 Å². The summed E-state index contributed by atoms with van der Waals surface area (Å²) in [4.78, 5) is 16.1. The third-order valence-electron chi connectivity index (χ3n) is 3.33. The van der Waals surface area contributed by atoms with Crippen LogP contribution in [0.3, 0.4) is 0 Å². The fourth-order valence-electron chi connectivity index (χ4n) is 2.11. The number of halogens is 2. The highest BCUT2D eigenvalue weighted by Crippen LogP contribution is 2.53. The predicted octanol–water partition coefficient (Wildman–Crippen LogP) is 3.04. The molecule has 0 unspecified atom stereocenters. The maximum Gasteiger partial charge on any atom is 0.226 e. The molecular weight excluding hydrogens is 283 g/mol. The number of fused-ring (bicyclic) bond motifs is 1. The molecule has 2 aromatic rings. The lowest BCUT2D eigenvalue weighted by Gasteiger charge is -2.08. The van der Waals surface area contributed by atoms with Crippen LogP contribution in [0.4, 0.5) is 0 Å². The van der Waals surface area contributed by atoms with E-state index in [1.54, 1.807) is 6.20 Å². The number of carbonyl (C=O) groups excluding carboxylic acids is 1. The van der Waals surface area contributed by atoms with Gasteiger partial charge >= 0.3 is 0 Å². The first-order chi connectivity index (χ1) is 9.08. The van der Waals surface area contributed by atoms with E-state index in [-0.39, 0.29) is 11.8 Å². The number of alkyl halides is 2. The zero-order valence-corrected chi connectivity index (χ0v) is 11.6. The molecule has 1 aromatic heterocycles. The van der Waals surface area contributed by atoms with Crippen molar-refractivity contribution in [1.82, 2.24) is 10.3 Å². The van der Waals surface area contributed by atoms with Crippen molar-refractivity contribution in [3.8, 4) is 0 Å². The molecule has 1 aliphatic rings. The Morgan fingerprint density at radius 2 is 2.11 bits per heavy atom. The smallest absolute Gasteiger partial charge is 0.226 e. The number of para-hydroxylation sites is 1. The summed E-state index contributed by atoms with van der Waals surface area (Å²) in [6.45, 7) is 0.461. The van der Waals surface area contributed by atoms with Gasteiger partial charge in [-0.15, -0.1) is 23.2 Å². The van der Waals surface area contributed by atoms with Crippen LogP contribution >= 0.6 is 23.2 Å². The number of hydrogen-bond donors (Lipinski definition) is 1. The molecule has 0 spiro atoms. The fraction of sp³-hybridized carbons (Fsp3) is 0.286. The van der Waals surface area contributed by atoms with Gasteiger partial charge in [-0.3, -0.25) is 9.78 Å². The van der Waals surface area contributed by atoms with Crippen LogP contribution in [0.1, 0.15) is 12.0 Å². The van der Waals surface area contributed by atoms with E-state index in [1.807, 2.05) is 30.3 Å². The number of hydrogen-bond acceptors (Lipinski definition) is 2. The van der Waals surface area contributed by atoms with Crippen molar-refractivity contribution in [2.45, 2.75) is 17.3 Å². The van der Waals surface area contributed by atoms with Gasteiger partial charge in [-0.2, -0.15) is 0 Å². The van der Waals surface area contributed by atoms with Gasteiger partial charge in [0.05, 0.1) is 11.4 Å². The zero-order valence-electron chi connectivity index (χ0n) is 10.1. The summed E-state index contributed by atoms with van der Waals surface area (Å²) in [6.07, 6.45) is 2.27. The van der Waals surface area contributed by atoms with Crippen LogP contribution in [0.25, 0.3) is 10.9 Å². The molecule has 1 heterocycles. The van der Waals surface area contributed by atoms with Crippen LogP contribution in [0.5, 0.6) is 0 Å². The topological polar surface area (TPSA) is 42.0 Å². The van der Waals surface area contributed by atoms with Crippen LogP contribution < -0.4 is 5.32 Å². The van der Waals surface area contributed by atoms with Crippen molar-refractivity contribution in [3.05, 3.63) is 42.1 Å². The van der Waals surface area contributed by atoms with Crippen molar-refractivity contribution in [1.29, 1.82) is 0 Å². The molecule has 0 bridgehead atoms. The molecule has 1 amide bonds. The number of pyridine rings is 1. The Hall–Kier alpha value is -1.32. The maximum atomic E-state index is 11.8. The zero-order chi connectivity index (χ0) is 13.5. The van der Waals surface area contributed by atoms with Gasteiger partial charge in [-0.05, 0) is 24.1 Å². The molecule has 1 saturated carbocycles. The molecule has 5 heteroatoms. The molecule has 0 radical (unpaired) electrons. The molecule has 1 aliphatic carbocycles. The third-order valence-corrected chi connectivity index (χ3v) is 4.17. The predicted molar refractivity (Wildman–Crippen MR) is 76.1 cm³/mol. The number of nitrogens with zero attached hydrogens (tertiary/aromatic N) is 1. The Labute approximate surface area is 120 Å². The van der Waals surface area contributed by atoms with Crippen LogP contribution in [-0.4, -0.2) is 15.2 Å². The first-order valence-corrected chi connectivity index (χ1v) is 6.82. The largest absolute Gasteiger partial charge is 0.352 e. The molecule has 3 rings (SSSR count). The van der Waals surface area contributed by atoms with E-state index in [0.717, 1.165) is 16.5 Å². The second-order valence-electron chi connectivity index (χ2n) is 4.72. The minimum Gasteiger partial charge on any atom is -0.352 e. The van der Waals surface area contributed by atoms with E-state index in [2.05, 4.69) is 10.3 Å². The average Bonchev–Trinajstić information content (AvgIpc) is 3.05. The Balaban J connectivity index is 1.74. The molecule has 0 aliphatic heterocycles. The van der Waals surface area contributed by atoms with Crippen molar-refractivity contribution >= 4 is 40.0 Å². The van der Waals surface area contributed by atoms with E-state index < -0.39 is 4.33 Å². The summed E-state index contributed by atoms with van der Waals surface area (Å²) in [5, 5.41) is 3.92. The molecule has 1 aromatic carbocycles. The van der Waals surface area contributed by atoms with Gasteiger partial charge < -0.3 is 5.32 Å². The third kappa shape index (κ3) is 2.53. The van der Waals surface area contributed by atoms with Crippen molar-refractivity contribution in [2.24, 2.45) is 5.92 Å². The number of rotatable bonds is 3. The van der Waals surface area contributed by atoms with Gasteiger partial charge in [0.1, 0.15) is 4.33 Å². The Morgan fingerprint density at radius 1 is 1.37 bits per heavy atom.